The fourth-order valence-electron chi connectivity index (χ4n) is 1.68. The molecule has 0 bridgehead atoms. The number of halogens is 1. The first kappa shape index (κ1) is 12.9. The van der Waals surface area contributed by atoms with Gasteiger partial charge in [0.1, 0.15) is 0 Å². The molecule has 1 saturated heterocycles. The number of hydrogen-bond donors (Lipinski definition) is 0. The summed E-state index contributed by atoms with van der Waals surface area (Å²) >= 11 is 3.11. The van der Waals surface area contributed by atoms with Crippen LogP contribution in [-0.2, 0) is 21.8 Å². The number of hydrogen-bond acceptors (Lipinski definition) is 5. The quantitative estimate of drug-likeness (QED) is 0.764. The third kappa shape index (κ3) is 2.51. The maximum Gasteiger partial charge on any atom is 0.263 e. The van der Waals surface area contributed by atoms with E-state index in [2.05, 4.69) is 26.2 Å². The van der Waals surface area contributed by atoms with Gasteiger partial charge in [-0.1, -0.05) is 5.21 Å². The van der Waals surface area contributed by atoms with Crippen molar-refractivity contribution in [2.75, 3.05) is 26.3 Å². The Bertz CT molecular complexity index is 473. The van der Waals surface area contributed by atoms with Crippen LogP contribution in [0, 0.1) is 0 Å². The highest BCUT2D eigenvalue weighted by Crippen LogP contribution is 2.22. The zero-order chi connectivity index (χ0) is 12.5. The summed E-state index contributed by atoms with van der Waals surface area (Å²) in [5.41, 5.74) is 0. The van der Waals surface area contributed by atoms with Crippen LogP contribution in [0.1, 0.15) is 6.42 Å². The maximum absolute atomic E-state index is 12.4. The summed E-state index contributed by atoms with van der Waals surface area (Å²) in [7, 11) is -2.00. The third-order valence-electron chi connectivity index (χ3n) is 2.50. The fraction of sp³-hybridized carbons (Fsp3) is 0.750. The smallest absolute Gasteiger partial charge is 0.263 e. The molecule has 0 radical (unpaired) electrons. The zero-order valence-corrected chi connectivity index (χ0v) is 11.7. The lowest BCUT2D eigenvalue weighted by atomic mass is 10.5. The first-order valence-electron chi connectivity index (χ1n) is 5.16. The van der Waals surface area contributed by atoms with Gasteiger partial charge in [0.2, 0.25) is 5.03 Å². The van der Waals surface area contributed by atoms with E-state index in [0.717, 1.165) is 0 Å². The standard InChI is InChI=1S/C8H13BrN4O3S/c1-12-8(7(9)10-11-12)17(14,15)13-3-2-5-16-6-4-13/h2-6H2,1H3. The predicted molar refractivity (Wildman–Crippen MR) is 62.9 cm³/mol. The first-order chi connectivity index (χ1) is 8.03. The number of nitrogens with zero attached hydrogens (tertiary/aromatic N) is 4. The molecule has 0 amide bonds. The molecular weight excluding hydrogens is 312 g/mol. The van der Waals surface area contributed by atoms with Crippen LogP contribution in [0.25, 0.3) is 0 Å². The van der Waals surface area contributed by atoms with Gasteiger partial charge in [-0.3, -0.25) is 0 Å². The van der Waals surface area contributed by atoms with Crippen LogP contribution in [0.2, 0.25) is 0 Å². The Morgan fingerprint density at radius 2 is 2.12 bits per heavy atom. The molecule has 0 unspecified atom stereocenters. The van der Waals surface area contributed by atoms with Crippen molar-refractivity contribution in [3.8, 4) is 0 Å². The summed E-state index contributed by atoms with van der Waals surface area (Å²) in [6.45, 7) is 1.83. The molecule has 0 aromatic carbocycles. The molecular formula is C8H13BrN4O3S. The van der Waals surface area contributed by atoms with Crippen LogP contribution in [0.5, 0.6) is 0 Å². The molecule has 7 nitrogen and oxygen atoms in total. The van der Waals surface area contributed by atoms with Gasteiger partial charge in [-0.05, 0) is 22.4 Å². The molecule has 1 aromatic rings. The largest absolute Gasteiger partial charge is 0.380 e. The molecule has 0 spiro atoms. The molecule has 0 aliphatic carbocycles. The summed E-state index contributed by atoms with van der Waals surface area (Å²) in [4.78, 5) is 0. The van der Waals surface area contributed by atoms with Crippen molar-refractivity contribution in [3.63, 3.8) is 0 Å². The van der Waals surface area contributed by atoms with Gasteiger partial charge < -0.3 is 4.74 Å². The molecule has 2 rings (SSSR count). The second kappa shape index (κ2) is 5.01. The van der Waals surface area contributed by atoms with Gasteiger partial charge in [0.25, 0.3) is 10.0 Å². The second-order valence-electron chi connectivity index (χ2n) is 3.68. The normalized spacial score (nSPS) is 19.2. The van der Waals surface area contributed by atoms with Crippen LogP contribution in [-0.4, -0.2) is 54.0 Å². The second-order valence-corrected chi connectivity index (χ2v) is 6.28. The Morgan fingerprint density at radius 3 is 2.76 bits per heavy atom. The van der Waals surface area contributed by atoms with Gasteiger partial charge in [0.05, 0.1) is 6.61 Å². The van der Waals surface area contributed by atoms with E-state index in [-0.39, 0.29) is 9.63 Å². The predicted octanol–water partition coefficient (Wildman–Crippen LogP) is -0.0114. The molecule has 0 N–H and O–H groups in total. The van der Waals surface area contributed by atoms with Crippen molar-refractivity contribution < 1.29 is 13.2 Å². The van der Waals surface area contributed by atoms with E-state index in [1.54, 1.807) is 7.05 Å². The Balaban J connectivity index is 2.35. The lowest BCUT2D eigenvalue weighted by Gasteiger charge is -2.18. The SMILES string of the molecule is Cn1nnc(Br)c1S(=O)(=O)N1CCCOCC1. The summed E-state index contributed by atoms with van der Waals surface area (Å²) < 4.78 is 32.9. The molecule has 1 aromatic heterocycles. The van der Waals surface area contributed by atoms with E-state index < -0.39 is 10.0 Å². The molecule has 1 fully saturated rings. The van der Waals surface area contributed by atoms with E-state index in [9.17, 15) is 8.42 Å². The minimum absolute atomic E-state index is 0.0828. The summed E-state index contributed by atoms with van der Waals surface area (Å²) in [6.07, 6.45) is 0.697. The Hall–Kier alpha value is -0.510. The molecule has 1 aliphatic rings. The lowest BCUT2D eigenvalue weighted by molar-refractivity contribution is 0.148. The fourth-order valence-corrected chi connectivity index (χ4v) is 4.18. The summed E-state index contributed by atoms with van der Waals surface area (Å²) in [5, 5.41) is 7.46. The van der Waals surface area contributed by atoms with Gasteiger partial charge in [0, 0.05) is 26.7 Å². The maximum atomic E-state index is 12.4. The highest BCUT2D eigenvalue weighted by atomic mass is 79.9. The lowest BCUT2D eigenvalue weighted by Crippen LogP contribution is -2.34. The van der Waals surface area contributed by atoms with Crippen molar-refractivity contribution in [1.82, 2.24) is 19.3 Å². The van der Waals surface area contributed by atoms with E-state index in [0.29, 0.717) is 32.7 Å². The average Bonchev–Trinajstić information content (AvgIpc) is 2.53. The van der Waals surface area contributed by atoms with Gasteiger partial charge in [-0.2, -0.15) is 4.31 Å². The molecule has 17 heavy (non-hydrogen) atoms. The molecule has 0 saturated carbocycles. The number of aryl methyl sites for hydroxylation is 1. The topological polar surface area (TPSA) is 77.3 Å². The Labute approximate surface area is 108 Å². The van der Waals surface area contributed by atoms with Crippen LogP contribution in [0.15, 0.2) is 9.63 Å². The molecule has 1 aliphatic heterocycles. The van der Waals surface area contributed by atoms with Crippen molar-refractivity contribution in [3.05, 3.63) is 4.60 Å². The summed E-state index contributed by atoms with van der Waals surface area (Å²) in [6, 6.07) is 0. The number of rotatable bonds is 2. The summed E-state index contributed by atoms with van der Waals surface area (Å²) in [5.74, 6) is 0. The van der Waals surface area contributed by atoms with Crippen molar-refractivity contribution in [2.45, 2.75) is 11.4 Å². The van der Waals surface area contributed by atoms with Gasteiger partial charge >= 0.3 is 0 Å². The van der Waals surface area contributed by atoms with Gasteiger partial charge in [0.15, 0.2) is 4.60 Å². The highest BCUT2D eigenvalue weighted by molar-refractivity contribution is 9.10. The molecule has 9 heteroatoms. The van der Waals surface area contributed by atoms with Crippen molar-refractivity contribution >= 4 is 26.0 Å². The third-order valence-corrected chi connectivity index (χ3v) is 5.29. The van der Waals surface area contributed by atoms with Crippen LogP contribution in [0.3, 0.4) is 0 Å². The Morgan fingerprint density at radius 1 is 1.35 bits per heavy atom. The molecule has 96 valence electrons. The van der Waals surface area contributed by atoms with E-state index >= 15 is 0 Å². The monoisotopic (exact) mass is 324 g/mol. The van der Waals surface area contributed by atoms with Crippen LogP contribution in [0.4, 0.5) is 0 Å². The minimum Gasteiger partial charge on any atom is -0.380 e. The number of ether oxygens (including phenoxy) is 1. The van der Waals surface area contributed by atoms with E-state index in [4.69, 9.17) is 4.74 Å². The van der Waals surface area contributed by atoms with Crippen molar-refractivity contribution in [2.24, 2.45) is 7.05 Å². The Kier molecular flexibility index (Phi) is 3.81. The number of sulfonamides is 1. The van der Waals surface area contributed by atoms with Crippen LogP contribution >= 0.6 is 15.9 Å². The average molecular weight is 325 g/mol. The zero-order valence-electron chi connectivity index (χ0n) is 9.34. The number of aromatic nitrogens is 3. The van der Waals surface area contributed by atoms with E-state index in [1.165, 1.54) is 8.99 Å². The first-order valence-corrected chi connectivity index (χ1v) is 7.40. The van der Waals surface area contributed by atoms with E-state index in [1.807, 2.05) is 0 Å². The molecule has 0 atom stereocenters. The van der Waals surface area contributed by atoms with Gasteiger partial charge in [-0.25, -0.2) is 13.1 Å². The van der Waals surface area contributed by atoms with Crippen LogP contribution < -0.4 is 0 Å². The molecule has 2 heterocycles. The minimum atomic E-state index is -3.56. The van der Waals surface area contributed by atoms with Crippen molar-refractivity contribution in [1.29, 1.82) is 0 Å². The highest BCUT2D eigenvalue weighted by Gasteiger charge is 2.31. The van der Waals surface area contributed by atoms with Gasteiger partial charge in [-0.15, -0.1) is 5.10 Å².